The van der Waals surface area contributed by atoms with E-state index in [1.165, 1.54) is 38.6 Å². The third-order valence-corrected chi connectivity index (χ3v) is 6.14. The van der Waals surface area contributed by atoms with Gasteiger partial charge < -0.3 is 14.4 Å². The third-order valence-electron chi connectivity index (χ3n) is 4.34. The van der Waals surface area contributed by atoms with Crippen LogP contribution in [0.1, 0.15) is 10.5 Å². The Hall–Kier alpha value is -2.65. The minimum Gasteiger partial charge on any atom is -0.497 e. The predicted molar refractivity (Wildman–Crippen MR) is 99.5 cm³/mol. The maximum absolute atomic E-state index is 12.9. The van der Waals surface area contributed by atoms with Crippen molar-refractivity contribution in [2.24, 2.45) is 0 Å². The van der Waals surface area contributed by atoms with Crippen LogP contribution in [0, 0.1) is 0 Å². The highest BCUT2D eigenvalue weighted by atomic mass is 32.2. The molecule has 27 heavy (non-hydrogen) atoms. The van der Waals surface area contributed by atoms with Crippen LogP contribution in [0.4, 0.5) is 5.69 Å². The molecular formula is C18H21N3O5S. The molecule has 0 N–H and O–H groups in total. The topological polar surface area (TPSA) is 89.0 Å². The molecule has 1 fully saturated rings. The van der Waals surface area contributed by atoms with Crippen LogP contribution in [0.5, 0.6) is 5.75 Å². The molecule has 1 aliphatic rings. The van der Waals surface area contributed by atoms with E-state index in [1.54, 1.807) is 23.1 Å². The molecule has 0 atom stereocenters. The Bertz CT molecular complexity index is 909. The van der Waals surface area contributed by atoms with Gasteiger partial charge in [-0.2, -0.15) is 0 Å². The van der Waals surface area contributed by atoms with Crippen LogP contribution in [0.15, 0.2) is 47.5 Å². The van der Waals surface area contributed by atoms with E-state index in [4.69, 9.17) is 9.47 Å². The van der Waals surface area contributed by atoms with Crippen molar-refractivity contribution in [1.82, 2.24) is 9.88 Å². The molecule has 1 saturated heterocycles. The fourth-order valence-electron chi connectivity index (χ4n) is 2.71. The molecule has 1 aromatic heterocycles. The number of morpholine rings is 1. The monoisotopic (exact) mass is 391 g/mol. The van der Waals surface area contributed by atoms with Gasteiger partial charge in [0.2, 0.25) is 0 Å². The Morgan fingerprint density at radius 1 is 1.19 bits per heavy atom. The van der Waals surface area contributed by atoms with Crippen LogP contribution >= 0.6 is 0 Å². The summed E-state index contributed by atoms with van der Waals surface area (Å²) in [4.78, 5) is 18.5. The third kappa shape index (κ3) is 4.04. The molecule has 0 spiro atoms. The fraction of sp³-hybridized carbons (Fsp3) is 0.333. The number of pyridine rings is 1. The molecular weight excluding hydrogens is 370 g/mol. The summed E-state index contributed by atoms with van der Waals surface area (Å²) in [7, 11) is -0.823. The summed E-state index contributed by atoms with van der Waals surface area (Å²) in [6, 6.07) is 9.16. The number of hydrogen-bond donors (Lipinski definition) is 0. The van der Waals surface area contributed by atoms with Gasteiger partial charge in [0.05, 0.1) is 30.9 Å². The van der Waals surface area contributed by atoms with Crippen LogP contribution < -0.4 is 9.04 Å². The maximum Gasteiger partial charge on any atom is 0.272 e. The van der Waals surface area contributed by atoms with Crippen molar-refractivity contribution in [2.45, 2.75) is 4.90 Å². The van der Waals surface area contributed by atoms with Gasteiger partial charge in [-0.05, 0) is 36.4 Å². The van der Waals surface area contributed by atoms with Gasteiger partial charge in [0.15, 0.2) is 0 Å². The molecule has 144 valence electrons. The quantitative estimate of drug-likeness (QED) is 0.765. The lowest BCUT2D eigenvalue weighted by Crippen LogP contribution is -2.41. The minimum absolute atomic E-state index is 0.128. The van der Waals surface area contributed by atoms with Gasteiger partial charge in [-0.25, -0.2) is 8.42 Å². The average molecular weight is 391 g/mol. The van der Waals surface area contributed by atoms with E-state index >= 15 is 0 Å². The number of anilines is 1. The summed E-state index contributed by atoms with van der Waals surface area (Å²) in [5.41, 5.74) is 0.559. The number of rotatable bonds is 5. The highest BCUT2D eigenvalue weighted by molar-refractivity contribution is 7.92. The van der Waals surface area contributed by atoms with Gasteiger partial charge in [0.25, 0.3) is 15.9 Å². The number of benzene rings is 1. The van der Waals surface area contributed by atoms with Gasteiger partial charge in [-0.15, -0.1) is 0 Å². The molecule has 0 aliphatic carbocycles. The normalized spacial score (nSPS) is 14.7. The van der Waals surface area contributed by atoms with Gasteiger partial charge in [0.1, 0.15) is 11.4 Å². The summed E-state index contributed by atoms with van der Waals surface area (Å²) in [5.74, 6) is 0.328. The number of ether oxygens (including phenoxy) is 2. The highest BCUT2D eigenvalue weighted by Crippen LogP contribution is 2.24. The molecule has 8 nitrogen and oxygen atoms in total. The second-order valence-electron chi connectivity index (χ2n) is 5.95. The summed E-state index contributed by atoms with van der Waals surface area (Å²) < 4.78 is 37.2. The van der Waals surface area contributed by atoms with Gasteiger partial charge in [-0.3, -0.25) is 14.1 Å². The number of amides is 1. The molecule has 0 saturated carbocycles. The number of hydrogen-bond acceptors (Lipinski definition) is 6. The first-order chi connectivity index (χ1) is 12.9. The van der Waals surface area contributed by atoms with E-state index in [-0.39, 0.29) is 16.5 Å². The lowest BCUT2D eigenvalue weighted by molar-refractivity contribution is 0.0299. The standard InChI is InChI=1S/C18H21N3O5S/c1-20(27(23,24)16-5-3-15(25-2)4-6-16)14-7-8-19-17(13-14)18(22)21-9-11-26-12-10-21/h3-8,13H,9-12H2,1-2H3. The van der Waals surface area contributed by atoms with E-state index in [2.05, 4.69) is 4.98 Å². The molecule has 9 heteroatoms. The van der Waals surface area contributed by atoms with Gasteiger partial charge in [-0.1, -0.05) is 0 Å². The van der Waals surface area contributed by atoms with Crippen molar-refractivity contribution in [1.29, 1.82) is 0 Å². The zero-order valence-electron chi connectivity index (χ0n) is 15.2. The van der Waals surface area contributed by atoms with E-state index in [9.17, 15) is 13.2 Å². The maximum atomic E-state index is 12.9. The number of aromatic nitrogens is 1. The predicted octanol–water partition coefficient (Wildman–Crippen LogP) is 1.39. The summed E-state index contributed by atoms with van der Waals surface area (Å²) >= 11 is 0. The molecule has 1 aliphatic heterocycles. The largest absolute Gasteiger partial charge is 0.497 e. The molecule has 0 radical (unpaired) electrons. The Kier molecular flexibility index (Phi) is 5.62. The van der Waals surface area contributed by atoms with Crippen molar-refractivity contribution in [3.63, 3.8) is 0 Å². The molecule has 1 amide bonds. The van der Waals surface area contributed by atoms with Crippen molar-refractivity contribution in [2.75, 3.05) is 44.8 Å². The van der Waals surface area contributed by atoms with Crippen molar-refractivity contribution < 1.29 is 22.7 Å². The summed E-state index contributed by atoms with van der Waals surface area (Å²) in [6.45, 7) is 1.95. The molecule has 3 rings (SSSR count). The number of nitrogens with zero attached hydrogens (tertiary/aromatic N) is 3. The number of sulfonamides is 1. The van der Waals surface area contributed by atoms with E-state index in [0.29, 0.717) is 37.7 Å². The Balaban J connectivity index is 1.85. The van der Waals surface area contributed by atoms with E-state index < -0.39 is 10.0 Å². The summed E-state index contributed by atoms with van der Waals surface area (Å²) in [5, 5.41) is 0. The number of carbonyl (C=O) groups is 1. The zero-order valence-corrected chi connectivity index (χ0v) is 16.0. The van der Waals surface area contributed by atoms with Crippen molar-refractivity contribution >= 4 is 21.6 Å². The Morgan fingerprint density at radius 2 is 1.85 bits per heavy atom. The first-order valence-corrected chi connectivity index (χ1v) is 9.83. The second kappa shape index (κ2) is 7.93. The van der Waals surface area contributed by atoms with Crippen LogP contribution in [-0.4, -0.2) is 64.7 Å². The lowest BCUT2D eigenvalue weighted by atomic mass is 10.2. The van der Waals surface area contributed by atoms with Crippen LogP contribution in [0.3, 0.4) is 0 Å². The van der Waals surface area contributed by atoms with Crippen LogP contribution in [0.25, 0.3) is 0 Å². The average Bonchev–Trinajstić information content (AvgIpc) is 2.73. The van der Waals surface area contributed by atoms with Crippen LogP contribution in [0.2, 0.25) is 0 Å². The fourth-order valence-corrected chi connectivity index (χ4v) is 3.89. The summed E-state index contributed by atoms with van der Waals surface area (Å²) in [6.07, 6.45) is 1.43. The van der Waals surface area contributed by atoms with Gasteiger partial charge in [0, 0.05) is 26.3 Å². The van der Waals surface area contributed by atoms with E-state index in [1.807, 2.05) is 0 Å². The minimum atomic E-state index is -3.78. The van der Waals surface area contributed by atoms with Crippen molar-refractivity contribution in [3.05, 3.63) is 48.3 Å². The number of carbonyl (C=O) groups excluding carboxylic acids is 1. The van der Waals surface area contributed by atoms with Crippen molar-refractivity contribution in [3.8, 4) is 5.75 Å². The molecule has 1 aromatic carbocycles. The molecule has 2 aromatic rings. The number of methoxy groups -OCH3 is 1. The second-order valence-corrected chi connectivity index (χ2v) is 7.92. The SMILES string of the molecule is COc1ccc(S(=O)(=O)N(C)c2ccnc(C(=O)N3CCOCC3)c2)cc1. The first-order valence-electron chi connectivity index (χ1n) is 8.39. The molecule has 0 bridgehead atoms. The first kappa shape index (κ1) is 19.1. The Labute approximate surface area is 158 Å². The molecule has 2 heterocycles. The zero-order chi connectivity index (χ0) is 19.4. The van der Waals surface area contributed by atoms with E-state index in [0.717, 1.165) is 4.31 Å². The molecule has 0 unspecified atom stereocenters. The highest BCUT2D eigenvalue weighted by Gasteiger charge is 2.24. The Morgan fingerprint density at radius 3 is 2.48 bits per heavy atom. The lowest BCUT2D eigenvalue weighted by Gasteiger charge is -2.27. The van der Waals surface area contributed by atoms with Gasteiger partial charge >= 0.3 is 0 Å². The van der Waals surface area contributed by atoms with Crippen LogP contribution in [-0.2, 0) is 14.8 Å². The smallest absolute Gasteiger partial charge is 0.272 e.